The summed E-state index contributed by atoms with van der Waals surface area (Å²) in [6.07, 6.45) is 9.21. The Morgan fingerprint density at radius 2 is 1.51 bits per heavy atom. The number of nitrogens with zero attached hydrogens (tertiary/aromatic N) is 4. The molecule has 8 aromatic rings. The maximum absolute atomic E-state index is 4.32. The molecule has 0 spiro atoms. The fourth-order valence-electron chi connectivity index (χ4n) is 5.28. The molecular weight excluding hydrogens is 657 g/mol. The van der Waals surface area contributed by atoms with Crippen LogP contribution in [0.3, 0.4) is 0 Å². The Balaban J connectivity index is 0.000000169. The first-order valence-corrected chi connectivity index (χ1v) is 12.6. The topological polar surface area (TPSA) is 26.1 Å². The van der Waals surface area contributed by atoms with Crippen molar-refractivity contribution in [3.8, 4) is 16.9 Å². The van der Waals surface area contributed by atoms with Gasteiger partial charge in [-0.15, -0.1) is 41.3 Å². The summed E-state index contributed by atoms with van der Waals surface area (Å²) in [4.78, 5) is 4.32. The SMILES string of the molecule is C[n+]1[c-]n(-c2[c-]ccc3c4cccc5c6ccccc6n(c23)c54)cc1.Cc1ccc(-c2[c-]cccc2)nc1.[Ir+3]. The molecule has 4 aromatic heterocycles. The molecule has 8 rings (SSSR count). The predicted octanol–water partition coefficient (Wildman–Crippen LogP) is 6.91. The van der Waals surface area contributed by atoms with Gasteiger partial charge in [0.05, 0.1) is 7.05 Å². The van der Waals surface area contributed by atoms with Gasteiger partial charge in [-0.05, 0) is 35.3 Å². The van der Waals surface area contributed by atoms with Gasteiger partial charge in [0, 0.05) is 40.4 Å². The van der Waals surface area contributed by atoms with Crippen molar-refractivity contribution in [3.63, 3.8) is 0 Å². The molecule has 188 valence electrons. The van der Waals surface area contributed by atoms with Gasteiger partial charge in [-0.3, -0.25) is 0 Å². The molecule has 5 heteroatoms. The molecule has 4 aromatic carbocycles. The van der Waals surface area contributed by atoms with Gasteiger partial charge in [0.25, 0.3) is 0 Å². The minimum atomic E-state index is 0. The standard InChI is InChI=1S/C22H14N3.C12H10N.Ir/c1-23-12-13-24(14-23)20-11-5-9-18-17-8-4-7-16-15-6-2-3-10-19(15)25(21(16)17)22(18)20;1-10-7-8-12(13-9-10)11-5-3-2-4-6-11;/h2-10,12-13H,1H3;2-5,7-9H,1H3;/q2*-1;+3. The number of hydrogen-bond donors (Lipinski definition) is 0. The normalized spacial score (nSPS) is 11.1. The first-order chi connectivity index (χ1) is 18.7. The molecule has 0 aliphatic rings. The average molecular weight is 681 g/mol. The Morgan fingerprint density at radius 3 is 2.26 bits per heavy atom. The Kier molecular flexibility index (Phi) is 6.48. The van der Waals surface area contributed by atoms with Gasteiger partial charge in [0.15, 0.2) is 0 Å². The number of para-hydroxylation sites is 2. The summed E-state index contributed by atoms with van der Waals surface area (Å²) in [7, 11) is 1.98. The van der Waals surface area contributed by atoms with Gasteiger partial charge < -0.3 is 18.5 Å². The minimum Gasteiger partial charge on any atom is -0.369 e. The zero-order valence-electron chi connectivity index (χ0n) is 21.5. The van der Waals surface area contributed by atoms with Gasteiger partial charge in [0.1, 0.15) is 0 Å². The number of rotatable bonds is 2. The van der Waals surface area contributed by atoms with Gasteiger partial charge in [-0.25, -0.2) is 0 Å². The second-order valence-corrected chi connectivity index (χ2v) is 9.52. The number of aryl methyl sites for hydroxylation is 2. The fraction of sp³-hybridized carbons (Fsp3) is 0.0588. The monoisotopic (exact) mass is 681 g/mol. The summed E-state index contributed by atoms with van der Waals surface area (Å²) < 4.78 is 6.33. The third kappa shape index (κ3) is 4.21. The van der Waals surface area contributed by atoms with Crippen LogP contribution < -0.4 is 4.57 Å². The van der Waals surface area contributed by atoms with Crippen molar-refractivity contribution in [2.45, 2.75) is 6.92 Å². The molecule has 0 aliphatic heterocycles. The van der Waals surface area contributed by atoms with E-state index >= 15 is 0 Å². The summed E-state index contributed by atoms with van der Waals surface area (Å²) in [5.41, 5.74) is 7.94. The Labute approximate surface area is 240 Å². The molecule has 0 aliphatic carbocycles. The van der Waals surface area contributed by atoms with E-state index in [9.17, 15) is 0 Å². The van der Waals surface area contributed by atoms with Crippen molar-refractivity contribution in [1.29, 1.82) is 0 Å². The molecule has 0 radical (unpaired) electrons. The molecule has 0 saturated carbocycles. The zero-order chi connectivity index (χ0) is 25.6. The molecule has 0 unspecified atom stereocenters. The second-order valence-electron chi connectivity index (χ2n) is 9.52. The number of benzene rings is 4. The second kappa shape index (κ2) is 10.1. The number of aromatic nitrogens is 4. The first-order valence-electron chi connectivity index (χ1n) is 12.6. The molecule has 0 atom stereocenters. The molecular formula is C34H24IrN4+. The third-order valence-electron chi connectivity index (χ3n) is 7.00. The Hall–Kier alpha value is -4.31. The van der Waals surface area contributed by atoms with Crippen LogP contribution in [0.2, 0.25) is 0 Å². The van der Waals surface area contributed by atoms with Crippen LogP contribution in [0.1, 0.15) is 5.56 Å². The average Bonchev–Trinajstić information content (AvgIpc) is 3.65. The van der Waals surface area contributed by atoms with Crippen molar-refractivity contribution in [1.82, 2.24) is 14.0 Å². The number of pyridine rings is 1. The van der Waals surface area contributed by atoms with Gasteiger partial charge >= 0.3 is 20.1 Å². The Morgan fingerprint density at radius 1 is 0.744 bits per heavy atom. The van der Waals surface area contributed by atoms with Crippen LogP contribution in [-0.2, 0) is 27.2 Å². The summed E-state index contributed by atoms with van der Waals surface area (Å²) in [5.74, 6) is 0. The van der Waals surface area contributed by atoms with E-state index < -0.39 is 0 Å². The molecule has 39 heavy (non-hydrogen) atoms. The smallest absolute Gasteiger partial charge is 0.369 e. The van der Waals surface area contributed by atoms with Crippen molar-refractivity contribution in [2.24, 2.45) is 7.05 Å². The van der Waals surface area contributed by atoms with Crippen LogP contribution in [0.25, 0.3) is 55.0 Å². The molecule has 0 N–H and O–H groups in total. The van der Waals surface area contributed by atoms with E-state index in [1.54, 1.807) is 0 Å². The van der Waals surface area contributed by atoms with Crippen LogP contribution in [0.15, 0.2) is 110 Å². The largest absolute Gasteiger partial charge is 3.00 e. The molecule has 0 amide bonds. The maximum Gasteiger partial charge on any atom is 3.00 e. The van der Waals surface area contributed by atoms with Crippen LogP contribution in [0, 0.1) is 25.4 Å². The molecule has 4 heterocycles. The van der Waals surface area contributed by atoms with Crippen molar-refractivity contribution in [3.05, 3.63) is 134 Å². The van der Waals surface area contributed by atoms with E-state index in [4.69, 9.17) is 0 Å². The van der Waals surface area contributed by atoms with Crippen LogP contribution in [-0.4, -0.2) is 14.0 Å². The van der Waals surface area contributed by atoms with Gasteiger partial charge in [0.2, 0.25) is 6.33 Å². The van der Waals surface area contributed by atoms with E-state index in [1.807, 2.05) is 78.1 Å². The van der Waals surface area contributed by atoms with Gasteiger partial charge in [-0.1, -0.05) is 54.0 Å². The first kappa shape index (κ1) is 25.0. The third-order valence-corrected chi connectivity index (χ3v) is 7.00. The van der Waals surface area contributed by atoms with Crippen molar-refractivity contribution in [2.75, 3.05) is 0 Å². The van der Waals surface area contributed by atoms with E-state index in [2.05, 4.69) is 82.4 Å². The molecule has 0 bridgehead atoms. The summed E-state index contributed by atoms with van der Waals surface area (Å²) in [5, 5.41) is 5.14. The van der Waals surface area contributed by atoms with Crippen LogP contribution in [0.4, 0.5) is 0 Å². The quantitative estimate of drug-likeness (QED) is 0.144. The number of imidazole rings is 1. The van der Waals surface area contributed by atoms with Crippen molar-refractivity contribution >= 4 is 38.1 Å². The van der Waals surface area contributed by atoms with E-state index in [0.717, 1.165) is 16.9 Å². The maximum atomic E-state index is 4.32. The van der Waals surface area contributed by atoms with E-state index in [-0.39, 0.29) is 20.1 Å². The molecule has 0 saturated heterocycles. The van der Waals surface area contributed by atoms with E-state index in [0.29, 0.717) is 0 Å². The Bertz CT molecular complexity index is 2040. The number of fused-ring (bicyclic) bond motifs is 6. The fourth-order valence-corrected chi connectivity index (χ4v) is 5.28. The van der Waals surface area contributed by atoms with E-state index in [1.165, 1.54) is 43.7 Å². The predicted molar refractivity (Wildman–Crippen MR) is 153 cm³/mol. The summed E-state index contributed by atoms with van der Waals surface area (Å²) in [6, 6.07) is 37.9. The molecule has 4 nitrogen and oxygen atoms in total. The van der Waals surface area contributed by atoms with Crippen LogP contribution in [0.5, 0.6) is 0 Å². The van der Waals surface area contributed by atoms with Crippen LogP contribution >= 0.6 is 0 Å². The summed E-state index contributed by atoms with van der Waals surface area (Å²) >= 11 is 0. The van der Waals surface area contributed by atoms with Crippen molar-refractivity contribution < 1.29 is 24.7 Å². The van der Waals surface area contributed by atoms with Gasteiger partial charge in [-0.2, -0.15) is 18.2 Å². The minimum absolute atomic E-state index is 0. The molecule has 0 fully saturated rings. The summed E-state index contributed by atoms with van der Waals surface area (Å²) in [6.45, 7) is 2.03. The zero-order valence-corrected chi connectivity index (χ0v) is 23.9. The number of hydrogen-bond acceptors (Lipinski definition) is 1.